The van der Waals surface area contributed by atoms with Gasteiger partial charge in [-0.1, -0.05) is 11.6 Å². The van der Waals surface area contributed by atoms with Gasteiger partial charge in [0.05, 0.1) is 16.9 Å². The number of carbonyl (C=O) groups excluding carboxylic acids is 1. The molecule has 192 valence electrons. The maximum absolute atomic E-state index is 14.6. The Hall–Kier alpha value is -3.05. The van der Waals surface area contributed by atoms with Gasteiger partial charge in [-0.15, -0.1) is 0 Å². The molecular weight excluding hydrogens is 492 g/mol. The molecule has 1 saturated heterocycles. The Kier molecular flexibility index (Phi) is 7.20. The van der Waals surface area contributed by atoms with E-state index in [1.165, 1.54) is 0 Å². The molecule has 0 spiro atoms. The van der Waals surface area contributed by atoms with Crippen LogP contribution in [-0.2, 0) is 9.53 Å². The van der Waals surface area contributed by atoms with Crippen molar-refractivity contribution in [1.29, 1.82) is 0 Å². The van der Waals surface area contributed by atoms with Gasteiger partial charge in [0.25, 0.3) is 0 Å². The highest BCUT2D eigenvalue weighted by Gasteiger charge is 2.29. The number of nitrogens with two attached hydrogens (primary N) is 1. The number of nitrogens with zero attached hydrogens (tertiary/aromatic N) is 4. The summed E-state index contributed by atoms with van der Waals surface area (Å²) in [6.45, 7) is 1.43. The Bertz CT molecular complexity index is 1230. The van der Waals surface area contributed by atoms with Crippen LogP contribution in [0.3, 0.4) is 0 Å². The van der Waals surface area contributed by atoms with Crippen LogP contribution in [-0.4, -0.2) is 44.7 Å². The number of rotatable bonds is 6. The predicted octanol–water partition coefficient (Wildman–Crippen LogP) is 4.70. The molecule has 0 radical (unpaired) electrons. The number of benzene rings is 1. The number of hydrogen-bond donors (Lipinski definition) is 3. The zero-order chi connectivity index (χ0) is 25.2. The summed E-state index contributed by atoms with van der Waals surface area (Å²) in [4.78, 5) is 25.5. The van der Waals surface area contributed by atoms with E-state index in [1.807, 2.05) is 4.57 Å². The lowest BCUT2D eigenvalue weighted by molar-refractivity contribution is -0.122. The molecule has 1 aliphatic carbocycles. The lowest BCUT2D eigenvalue weighted by atomic mass is 9.85. The third kappa shape index (κ3) is 5.22. The zero-order valence-corrected chi connectivity index (χ0v) is 20.4. The van der Waals surface area contributed by atoms with Gasteiger partial charge >= 0.3 is 0 Å². The minimum Gasteiger partial charge on any atom is -0.381 e. The molecule has 3 aromatic rings. The van der Waals surface area contributed by atoms with E-state index in [1.54, 1.807) is 6.20 Å². The number of ether oxygens (including phenoxy) is 1. The van der Waals surface area contributed by atoms with E-state index in [4.69, 9.17) is 27.1 Å². The number of carbonyl (C=O) groups is 1. The minimum absolute atomic E-state index is 0.0654. The molecule has 9 nitrogen and oxygen atoms in total. The summed E-state index contributed by atoms with van der Waals surface area (Å²) in [5, 5.41) is 6.24. The molecule has 2 aromatic heterocycles. The van der Waals surface area contributed by atoms with Crippen LogP contribution in [0.1, 0.15) is 51.0 Å². The second-order valence-electron chi connectivity index (χ2n) is 9.37. The molecule has 1 aliphatic heterocycles. The van der Waals surface area contributed by atoms with Gasteiger partial charge in [0.15, 0.2) is 11.5 Å². The second kappa shape index (κ2) is 10.5. The number of primary amides is 1. The van der Waals surface area contributed by atoms with E-state index < -0.39 is 11.6 Å². The number of aromatic nitrogens is 4. The molecule has 1 atom stereocenters. The molecule has 12 heteroatoms. The van der Waals surface area contributed by atoms with Crippen molar-refractivity contribution in [3.63, 3.8) is 0 Å². The maximum Gasteiger partial charge on any atom is 0.224 e. The molecule has 3 heterocycles. The SMILES string of the molecule is NC(=O)C1CCC(n2c(Nc3c(F)cc(F)cc3Cl)nc3cnc(N[C@H]4CCCOCC4)nc32)CC1. The molecule has 36 heavy (non-hydrogen) atoms. The molecule has 0 unspecified atom stereocenters. The first kappa shape index (κ1) is 24.6. The highest BCUT2D eigenvalue weighted by molar-refractivity contribution is 6.33. The Morgan fingerprint density at radius 1 is 1.11 bits per heavy atom. The lowest BCUT2D eigenvalue weighted by Crippen LogP contribution is -2.29. The molecule has 2 fully saturated rings. The molecule has 5 rings (SSSR count). The first-order valence-corrected chi connectivity index (χ1v) is 12.6. The fraction of sp³-hybridized carbons (Fsp3) is 0.500. The molecule has 1 saturated carbocycles. The predicted molar refractivity (Wildman–Crippen MR) is 132 cm³/mol. The van der Waals surface area contributed by atoms with Gasteiger partial charge in [0.1, 0.15) is 11.3 Å². The highest BCUT2D eigenvalue weighted by Crippen LogP contribution is 2.38. The van der Waals surface area contributed by atoms with E-state index in [0.29, 0.717) is 55.4 Å². The van der Waals surface area contributed by atoms with Crippen molar-refractivity contribution < 1.29 is 18.3 Å². The van der Waals surface area contributed by atoms with Crippen LogP contribution in [0.4, 0.5) is 26.4 Å². The fourth-order valence-electron chi connectivity index (χ4n) is 5.02. The Morgan fingerprint density at radius 2 is 1.92 bits per heavy atom. The summed E-state index contributed by atoms with van der Waals surface area (Å²) >= 11 is 6.14. The van der Waals surface area contributed by atoms with Crippen LogP contribution in [0.5, 0.6) is 0 Å². The number of hydrogen-bond acceptors (Lipinski definition) is 7. The summed E-state index contributed by atoms with van der Waals surface area (Å²) < 4.78 is 35.6. The molecule has 0 bridgehead atoms. The minimum atomic E-state index is -0.833. The molecular formula is C24H28ClF2N7O2. The van der Waals surface area contributed by atoms with Crippen molar-refractivity contribution in [1.82, 2.24) is 19.5 Å². The van der Waals surface area contributed by atoms with Crippen molar-refractivity contribution in [3.8, 4) is 0 Å². The van der Waals surface area contributed by atoms with Crippen molar-refractivity contribution >= 4 is 46.3 Å². The quantitative estimate of drug-likeness (QED) is 0.431. The van der Waals surface area contributed by atoms with Crippen LogP contribution in [0.15, 0.2) is 18.3 Å². The van der Waals surface area contributed by atoms with E-state index in [-0.39, 0.29) is 34.6 Å². The molecule has 1 aromatic carbocycles. The van der Waals surface area contributed by atoms with E-state index in [9.17, 15) is 13.6 Å². The molecule has 2 aliphatic rings. The number of fused-ring (bicyclic) bond motifs is 1. The van der Waals surface area contributed by atoms with Crippen molar-refractivity contribution in [3.05, 3.63) is 35.0 Å². The number of halogens is 3. The van der Waals surface area contributed by atoms with Gasteiger partial charge in [-0.3, -0.25) is 9.36 Å². The summed E-state index contributed by atoms with van der Waals surface area (Å²) in [5.74, 6) is -1.30. The highest BCUT2D eigenvalue weighted by atomic mass is 35.5. The Labute approximate surface area is 211 Å². The van der Waals surface area contributed by atoms with Gasteiger partial charge < -0.3 is 21.1 Å². The van der Waals surface area contributed by atoms with E-state index >= 15 is 0 Å². The number of nitrogens with one attached hydrogen (secondary N) is 2. The largest absolute Gasteiger partial charge is 0.381 e. The number of imidazole rings is 1. The van der Waals surface area contributed by atoms with Gasteiger partial charge in [-0.05, 0) is 51.0 Å². The zero-order valence-electron chi connectivity index (χ0n) is 19.6. The Morgan fingerprint density at radius 3 is 2.67 bits per heavy atom. The topological polar surface area (TPSA) is 120 Å². The van der Waals surface area contributed by atoms with Gasteiger partial charge in [0, 0.05) is 37.3 Å². The van der Waals surface area contributed by atoms with Gasteiger partial charge in [-0.25, -0.2) is 18.7 Å². The molecule has 1 amide bonds. The second-order valence-corrected chi connectivity index (χ2v) is 9.78. The van der Waals surface area contributed by atoms with Crippen LogP contribution in [0.2, 0.25) is 5.02 Å². The van der Waals surface area contributed by atoms with Crippen molar-refractivity contribution in [2.75, 3.05) is 23.8 Å². The fourth-order valence-corrected chi connectivity index (χ4v) is 5.26. The average molecular weight is 520 g/mol. The average Bonchev–Trinajstić information content (AvgIpc) is 2.99. The maximum atomic E-state index is 14.6. The summed E-state index contributed by atoms with van der Waals surface area (Å²) in [6, 6.07) is 1.93. The first-order valence-electron chi connectivity index (χ1n) is 12.2. The van der Waals surface area contributed by atoms with Crippen LogP contribution in [0, 0.1) is 17.6 Å². The third-order valence-corrected chi connectivity index (χ3v) is 7.22. The summed E-state index contributed by atoms with van der Waals surface area (Å²) in [5.41, 5.74) is 6.53. The Balaban J connectivity index is 1.51. The van der Waals surface area contributed by atoms with E-state index in [0.717, 1.165) is 38.0 Å². The van der Waals surface area contributed by atoms with Crippen LogP contribution < -0.4 is 16.4 Å². The van der Waals surface area contributed by atoms with Crippen LogP contribution >= 0.6 is 11.6 Å². The van der Waals surface area contributed by atoms with Crippen molar-refractivity contribution in [2.45, 2.75) is 57.0 Å². The normalized spacial score (nSPS) is 22.8. The van der Waals surface area contributed by atoms with Crippen LogP contribution in [0.25, 0.3) is 11.2 Å². The smallest absolute Gasteiger partial charge is 0.224 e. The lowest BCUT2D eigenvalue weighted by Gasteiger charge is -2.29. The van der Waals surface area contributed by atoms with Gasteiger partial charge in [0.2, 0.25) is 17.8 Å². The third-order valence-electron chi connectivity index (χ3n) is 6.93. The summed E-state index contributed by atoms with van der Waals surface area (Å²) in [7, 11) is 0. The number of anilines is 3. The summed E-state index contributed by atoms with van der Waals surface area (Å²) in [6.07, 6.45) is 6.97. The van der Waals surface area contributed by atoms with E-state index in [2.05, 4.69) is 20.6 Å². The molecule has 4 N–H and O–H groups in total. The van der Waals surface area contributed by atoms with Crippen molar-refractivity contribution in [2.24, 2.45) is 11.7 Å². The number of amides is 1. The standard InChI is InChI=1S/C24H28ClF2N7O2/c25-17-10-14(26)11-18(27)20(17)32-24-31-19-12-29-23(30-15-2-1-8-36-9-7-15)33-22(19)34(24)16-5-3-13(4-6-16)21(28)35/h10-13,15-16H,1-9H2,(H2,28,35)(H,31,32)(H,29,30,33)/t13?,15-,16?/m0/s1. The van der Waals surface area contributed by atoms with Gasteiger partial charge in [-0.2, -0.15) is 4.98 Å². The monoisotopic (exact) mass is 519 g/mol. The first-order chi connectivity index (χ1) is 17.4.